The molecular weight excluding hydrogens is 312 g/mol. The van der Waals surface area contributed by atoms with Crippen LogP contribution in [-0.2, 0) is 4.79 Å². The summed E-state index contributed by atoms with van der Waals surface area (Å²) >= 11 is 0. The minimum Gasteiger partial charge on any atom is -0.351 e. The Kier molecular flexibility index (Phi) is 3.73. The summed E-state index contributed by atoms with van der Waals surface area (Å²) in [4.78, 5) is 21.8. The molecule has 2 aromatic rings. The van der Waals surface area contributed by atoms with Crippen molar-refractivity contribution in [2.45, 2.75) is 20.3 Å². The Balaban J connectivity index is 1.80. The second-order valence-electron chi connectivity index (χ2n) is 6.40. The topological polar surface area (TPSA) is 79.8 Å². The zero-order valence-electron chi connectivity index (χ0n) is 14.4. The smallest absolute Gasteiger partial charge is 0.270 e. The van der Waals surface area contributed by atoms with Gasteiger partial charge in [0.05, 0.1) is 16.4 Å². The van der Waals surface area contributed by atoms with Crippen LogP contribution in [0.1, 0.15) is 24.5 Å². The lowest BCUT2D eigenvalue weighted by molar-refractivity contribution is -0.117. The molecule has 0 bridgehead atoms. The number of carbonyl (C=O) groups excluding carboxylic acids is 1. The van der Waals surface area contributed by atoms with Gasteiger partial charge in [0.1, 0.15) is 5.70 Å². The zero-order valence-corrected chi connectivity index (χ0v) is 14.4. The summed E-state index contributed by atoms with van der Waals surface area (Å²) in [7, 11) is 0. The first kappa shape index (κ1) is 15.7. The number of carbonyl (C=O) groups is 1. The quantitative estimate of drug-likeness (QED) is 0.714. The van der Waals surface area contributed by atoms with Gasteiger partial charge < -0.3 is 11.1 Å². The van der Waals surface area contributed by atoms with Crippen LogP contribution in [0.4, 0.5) is 5.69 Å². The fraction of sp³-hybridized carbons (Fsp3) is 0.250. The van der Waals surface area contributed by atoms with E-state index in [-0.39, 0.29) is 5.91 Å². The van der Waals surface area contributed by atoms with Crippen molar-refractivity contribution in [3.63, 3.8) is 0 Å². The number of allylic oxidation sites excluding steroid dienone is 1. The highest BCUT2D eigenvalue weighted by Gasteiger charge is 2.25. The largest absolute Gasteiger partial charge is 0.351 e. The average molecular weight is 332 g/mol. The van der Waals surface area contributed by atoms with Crippen LogP contribution < -0.4 is 21.8 Å². The van der Waals surface area contributed by atoms with Crippen LogP contribution in [0.3, 0.4) is 0 Å². The van der Waals surface area contributed by atoms with Gasteiger partial charge in [0, 0.05) is 23.2 Å². The predicted molar refractivity (Wildman–Crippen MR) is 97.9 cm³/mol. The average Bonchev–Trinajstić information content (AvgIpc) is 3.14. The molecule has 0 atom stereocenters. The number of rotatable bonds is 4. The molecule has 0 unspecified atom stereocenters. The molecule has 0 saturated heterocycles. The molecule has 1 amide bonds. The van der Waals surface area contributed by atoms with Gasteiger partial charge in [0.15, 0.2) is 0 Å². The number of amides is 1. The summed E-state index contributed by atoms with van der Waals surface area (Å²) in [5.74, 6) is -0.140. The van der Waals surface area contributed by atoms with E-state index in [9.17, 15) is 4.79 Å². The Bertz CT molecular complexity index is 1050. The van der Waals surface area contributed by atoms with Crippen molar-refractivity contribution < 1.29 is 4.79 Å². The summed E-state index contributed by atoms with van der Waals surface area (Å²) in [5.41, 5.74) is 12.2. The Morgan fingerprint density at radius 1 is 1.16 bits per heavy atom. The van der Waals surface area contributed by atoms with Gasteiger partial charge >= 0.3 is 0 Å². The molecule has 2 aliphatic rings. The van der Waals surface area contributed by atoms with E-state index in [2.05, 4.69) is 29.4 Å². The van der Waals surface area contributed by atoms with Crippen molar-refractivity contribution in [1.82, 2.24) is 5.32 Å². The number of hydrogen-bond donors (Lipinski definition) is 2. The van der Waals surface area contributed by atoms with E-state index in [1.807, 2.05) is 25.1 Å². The number of para-hydroxylation sites is 1. The highest BCUT2D eigenvalue weighted by Crippen LogP contribution is 2.34. The normalized spacial score (nSPS) is 13.7. The maximum atomic E-state index is 12.4. The monoisotopic (exact) mass is 332 g/mol. The van der Waals surface area contributed by atoms with Crippen molar-refractivity contribution in [3.05, 3.63) is 57.9 Å². The maximum Gasteiger partial charge on any atom is 0.270 e. The van der Waals surface area contributed by atoms with Gasteiger partial charge in [-0.2, -0.15) is 0 Å². The van der Waals surface area contributed by atoms with Gasteiger partial charge in [-0.15, -0.1) is 0 Å². The lowest BCUT2D eigenvalue weighted by Crippen LogP contribution is -2.27. The Labute approximate surface area is 146 Å². The van der Waals surface area contributed by atoms with Crippen molar-refractivity contribution in [3.8, 4) is 11.1 Å². The maximum absolute atomic E-state index is 12.4. The van der Waals surface area contributed by atoms with Gasteiger partial charge in [0.2, 0.25) is 0 Å². The highest BCUT2D eigenvalue weighted by molar-refractivity contribution is 6.02. The van der Waals surface area contributed by atoms with Crippen molar-refractivity contribution in [2.24, 2.45) is 15.7 Å². The van der Waals surface area contributed by atoms with Crippen LogP contribution in [0.2, 0.25) is 0 Å². The molecule has 0 spiro atoms. The van der Waals surface area contributed by atoms with Crippen molar-refractivity contribution in [1.29, 1.82) is 0 Å². The first-order valence-electron chi connectivity index (χ1n) is 8.52. The van der Waals surface area contributed by atoms with E-state index in [0.29, 0.717) is 18.8 Å². The highest BCUT2D eigenvalue weighted by atomic mass is 16.2. The van der Waals surface area contributed by atoms with E-state index in [1.165, 1.54) is 0 Å². The van der Waals surface area contributed by atoms with E-state index in [1.54, 1.807) is 0 Å². The fourth-order valence-electron chi connectivity index (χ4n) is 3.55. The SMILES string of the molecule is CC1=C(C(=O)NCCCN)N=c2cc3c(c(C)c21)=Nc1ccccc1-3. The number of benzene rings is 2. The van der Waals surface area contributed by atoms with Crippen LogP contribution >= 0.6 is 0 Å². The van der Waals surface area contributed by atoms with Gasteiger partial charge in [0.25, 0.3) is 5.91 Å². The molecule has 25 heavy (non-hydrogen) atoms. The molecular formula is C20H20N4O. The first-order valence-corrected chi connectivity index (χ1v) is 8.52. The Hall–Kier alpha value is -2.79. The van der Waals surface area contributed by atoms with Crippen LogP contribution in [0, 0.1) is 6.92 Å². The molecule has 0 aliphatic carbocycles. The van der Waals surface area contributed by atoms with Crippen molar-refractivity contribution >= 4 is 17.2 Å². The van der Waals surface area contributed by atoms with Crippen LogP contribution in [-0.4, -0.2) is 19.0 Å². The second-order valence-corrected chi connectivity index (χ2v) is 6.40. The molecule has 0 aromatic heterocycles. The van der Waals surface area contributed by atoms with Crippen LogP contribution in [0.5, 0.6) is 0 Å². The standard InChI is InChI=1S/C20H20N4O/c1-11-17-12(2)19(20(25)22-9-5-8-21)24-16(17)10-14-13-6-3-4-7-15(13)23-18(11)14/h3-4,6-7,10H,5,8-9,21H2,1-2H3,(H,22,25). The van der Waals surface area contributed by atoms with Crippen LogP contribution in [0.15, 0.2) is 46.0 Å². The lowest BCUT2D eigenvalue weighted by atomic mass is 9.96. The summed E-state index contributed by atoms with van der Waals surface area (Å²) in [5, 5.41) is 4.73. The summed E-state index contributed by atoms with van der Waals surface area (Å²) < 4.78 is 0. The Morgan fingerprint density at radius 3 is 2.76 bits per heavy atom. The summed E-state index contributed by atoms with van der Waals surface area (Å²) in [6, 6.07) is 10.2. The third-order valence-corrected chi connectivity index (χ3v) is 4.79. The molecule has 3 N–H and O–H groups in total. The first-order chi connectivity index (χ1) is 12.1. The molecule has 0 fully saturated rings. The molecule has 5 nitrogen and oxygen atoms in total. The lowest BCUT2D eigenvalue weighted by Gasteiger charge is -2.06. The molecule has 0 radical (unpaired) electrons. The van der Waals surface area contributed by atoms with E-state index >= 15 is 0 Å². The minimum absolute atomic E-state index is 0.140. The van der Waals surface area contributed by atoms with E-state index in [4.69, 9.17) is 10.7 Å². The molecule has 5 heteroatoms. The zero-order chi connectivity index (χ0) is 17.6. The fourth-order valence-corrected chi connectivity index (χ4v) is 3.55. The molecule has 2 aliphatic heterocycles. The van der Waals surface area contributed by atoms with Crippen molar-refractivity contribution in [2.75, 3.05) is 13.1 Å². The van der Waals surface area contributed by atoms with Gasteiger partial charge in [-0.25, -0.2) is 9.98 Å². The number of fused-ring (bicyclic) bond motifs is 4. The van der Waals surface area contributed by atoms with Crippen LogP contribution in [0.25, 0.3) is 16.7 Å². The molecule has 2 heterocycles. The third kappa shape index (κ3) is 2.39. The molecule has 4 rings (SSSR count). The van der Waals surface area contributed by atoms with E-state index in [0.717, 1.165) is 50.6 Å². The number of hydrogen-bond acceptors (Lipinski definition) is 4. The summed E-state index contributed by atoms with van der Waals surface area (Å²) in [6.45, 7) is 5.13. The molecule has 2 aromatic carbocycles. The van der Waals surface area contributed by atoms with E-state index < -0.39 is 0 Å². The van der Waals surface area contributed by atoms with Gasteiger partial charge in [-0.1, -0.05) is 18.2 Å². The number of nitrogens with two attached hydrogens (primary N) is 1. The Morgan fingerprint density at radius 2 is 1.96 bits per heavy atom. The summed E-state index contributed by atoms with van der Waals surface area (Å²) in [6.07, 6.45) is 0.758. The second kappa shape index (κ2) is 5.93. The van der Waals surface area contributed by atoms with Gasteiger partial charge in [-0.3, -0.25) is 4.79 Å². The number of nitrogens with zero attached hydrogens (tertiary/aromatic N) is 2. The third-order valence-electron chi connectivity index (χ3n) is 4.79. The molecule has 0 saturated carbocycles. The number of nitrogens with one attached hydrogen (secondary N) is 1. The predicted octanol–water partition coefficient (Wildman–Crippen LogP) is 1.76. The molecule has 126 valence electrons. The minimum atomic E-state index is -0.140. The van der Waals surface area contributed by atoms with Gasteiger partial charge in [-0.05, 0) is 50.1 Å².